The van der Waals surface area contributed by atoms with Crippen molar-refractivity contribution >= 4 is 32.7 Å². The second-order valence-electron chi connectivity index (χ2n) is 5.82. The van der Waals surface area contributed by atoms with Gasteiger partial charge < -0.3 is 5.32 Å². The van der Waals surface area contributed by atoms with Crippen LogP contribution < -0.4 is 10.0 Å². The molecule has 130 valence electrons. The van der Waals surface area contributed by atoms with Gasteiger partial charge in [0.1, 0.15) is 4.21 Å². The van der Waals surface area contributed by atoms with E-state index in [1.165, 1.54) is 16.9 Å². The minimum atomic E-state index is -3.52. The van der Waals surface area contributed by atoms with E-state index in [2.05, 4.69) is 29.1 Å². The van der Waals surface area contributed by atoms with Crippen LogP contribution in [0.4, 0.5) is 11.4 Å². The van der Waals surface area contributed by atoms with E-state index >= 15 is 0 Å². The van der Waals surface area contributed by atoms with Gasteiger partial charge in [0.15, 0.2) is 0 Å². The zero-order valence-corrected chi connectivity index (χ0v) is 15.7. The molecule has 0 saturated heterocycles. The molecule has 0 aliphatic rings. The summed E-state index contributed by atoms with van der Waals surface area (Å²) in [6.07, 6.45) is 0. The van der Waals surface area contributed by atoms with Gasteiger partial charge in [-0.05, 0) is 55.8 Å². The van der Waals surface area contributed by atoms with Crippen molar-refractivity contribution in [1.29, 1.82) is 0 Å². The summed E-state index contributed by atoms with van der Waals surface area (Å²) in [6, 6.07) is 21.0. The minimum Gasteiger partial charge on any atom is -0.379 e. The van der Waals surface area contributed by atoms with E-state index in [-0.39, 0.29) is 6.04 Å². The van der Waals surface area contributed by atoms with Gasteiger partial charge in [-0.1, -0.05) is 30.3 Å². The first-order chi connectivity index (χ1) is 11.9. The molecule has 0 bridgehead atoms. The first kappa shape index (κ1) is 17.5. The predicted octanol–water partition coefficient (Wildman–Crippen LogP) is 5.03. The normalized spacial score (nSPS) is 12.6. The van der Waals surface area contributed by atoms with Crippen LogP contribution in [0.3, 0.4) is 0 Å². The third kappa shape index (κ3) is 4.41. The van der Waals surface area contributed by atoms with E-state index in [1.807, 2.05) is 37.3 Å². The topological polar surface area (TPSA) is 58.2 Å². The Labute approximate surface area is 152 Å². The maximum atomic E-state index is 12.3. The van der Waals surface area contributed by atoms with Crippen LogP contribution in [0.15, 0.2) is 70.9 Å². The molecule has 0 aliphatic carbocycles. The van der Waals surface area contributed by atoms with Crippen LogP contribution in [-0.2, 0) is 10.0 Å². The maximum absolute atomic E-state index is 12.3. The number of hydrogen-bond donors (Lipinski definition) is 2. The molecule has 0 aliphatic heterocycles. The molecule has 3 rings (SSSR count). The molecule has 0 radical (unpaired) electrons. The van der Waals surface area contributed by atoms with E-state index in [0.29, 0.717) is 9.90 Å². The number of anilines is 2. The molecule has 0 saturated carbocycles. The number of rotatable bonds is 6. The Morgan fingerprint density at radius 3 is 2.12 bits per heavy atom. The van der Waals surface area contributed by atoms with E-state index in [1.54, 1.807) is 24.3 Å². The summed E-state index contributed by atoms with van der Waals surface area (Å²) >= 11 is 1.26. The third-order valence-electron chi connectivity index (χ3n) is 3.80. The fourth-order valence-corrected chi connectivity index (χ4v) is 4.81. The van der Waals surface area contributed by atoms with Gasteiger partial charge in [0.05, 0.1) is 0 Å². The van der Waals surface area contributed by atoms with Gasteiger partial charge in [0.2, 0.25) is 0 Å². The molecule has 2 aromatic carbocycles. The quantitative estimate of drug-likeness (QED) is 0.638. The van der Waals surface area contributed by atoms with E-state index in [0.717, 1.165) is 10.6 Å². The van der Waals surface area contributed by atoms with Crippen molar-refractivity contribution in [3.8, 4) is 0 Å². The lowest BCUT2D eigenvalue weighted by molar-refractivity contribution is 0.603. The highest BCUT2D eigenvalue weighted by molar-refractivity contribution is 7.94. The van der Waals surface area contributed by atoms with Gasteiger partial charge in [-0.25, -0.2) is 8.42 Å². The Kier molecular flexibility index (Phi) is 5.11. The highest BCUT2D eigenvalue weighted by atomic mass is 32.2. The molecule has 0 amide bonds. The average Bonchev–Trinajstić information content (AvgIpc) is 3.05. The van der Waals surface area contributed by atoms with Gasteiger partial charge >= 0.3 is 0 Å². The number of thiophene rings is 1. The van der Waals surface area contributed by atoms with Crippen LogP contribution in [0.25, 0.3) is 0 Å². The molecule has 1 atom stereocenters. The van der Waals surface area contributed by atoms with Crippen molar-refractivity contribution in [3.63, 3.8) is 0 Å². The van der Waals surface area contributed by atoms with Crippen LogP contribution in [0, 0.1) is 6.92 Å². The molecule has 1 heterocycles. The standard InChI is InChI=1S/C19H20N2O2S2/c1-14-8-13-19(24-14)25(22,23)21-18-11-9-17(10-12-18)20-15(2)16-6-4-3-5-7-16/h3-13,15,20-21H,1-2H3. The maximum Gasteiger partial charge on any atom is 0.271 e. The second-order valence-corrected chi connectivity index (χ2v) is 9.02. The highest BCUT2D eigenvalue weighted by Gasteiger charge is 2.16. The molecule has 6 heteroatoms. The average molecular weight is 373 g/mol. The van der Waals surface area contributed by atoms with E-state index in [4.69, 9.17) is 0 Å². The van der Waals surface area contributed by atoms with Crippen LogP contribution in [0.2, 0.25) is 0 Å². The lowest BCUT2D eigenvalue weighted by atomic mass is 10.1. The summed E-state index contributed by atoms with van der Waals surface area (Å²) in [5.74, 6) is 0. The molecule has 25 heavy (non-hydrogen) atoms. The van der Waals surface area contributed by atoms with Crippen LogP contribution in [0.5, 0.6) is 0 Å². The molecule has 1 aromatic heterocycles. The molecule has 0 fully saturated rings. The number of aryl methyl sites for hydroxylation is 1. The summed E-state index contributed by atoms with van der Waals surface area (Å²) in [5.41, 5.74) is 2.68. The van der Waals surface area contributed by atoms with Crippen molar-refractivity contribution in [2.75, 3.05) is 10.0 Å². The summed E-state index contributed by atoms with van der Waals surface area (Å²) in [6.45, 7) is 3.98. The summed E-state index contributed by atoms with van der Waals surface area (Å²) in [5, 5.41) is 3.41. The van der Waals surface area contributed by atoms with Gasteiger partial charge in [-0.2, -0.15) is 0 Å². The van der Waals surface area contributed by atoms with Crippen molar-refractivity contribution in [3.05, 3.63) is 77.2 Å². The van der Waals surface area contributed by atoms with Gasteiger partial charge in [0.25, 0.3) is 10.0 Å². The van der Waals surface area contributed by atoms with Gasteiger partial charge in [-0.3, -0.25) is 4.72 Å². The second kappa shape index (κ2) is 7.29. The number of hydrogen-bond acceptors (Lipinski definition) is 4. The molecule has 1 unspecified atom stereocenters. The zero-order chi connectivity index (χ0) is 17.9. The van der Waals surface area contributed by atoms with Gasteiger partial charge in [0, 0.05) is 22.3 Å². The highest BCUT2D eigenvalue weighted by Crippen LogP contribution is 2.25. The zero-order valence-electron chi connectivity index (χ0n) is 14.1. The lowest BCUT2D eigenvalue weighted by Gasteiger charge is -2.16. The number of benzene rings is 2. The van der Waals surface area contributed by atoms with Crippen molar-refractivity contribution in [2.24, 2.45) is 0 Å². The number of nitrogens with one attached hydrogen (secondary N) is 2. The first-order valence-corrected chi connectivity index (χ1v) is 10.2. The summed E-state index contributed by atoms with van der Waals surface area (Å²) in [4.78, 5) is 0.967. The minimum absolute atomic E-state index is 0.165. The lowest BCUT2D eigenvalue weighted by Crippen LogP contribution is -2.11. The Morgan fingerprint density at radius 1 is 0.880 bits per heavy atom. The van der Waals surface area contributed by atoms with Crippen LogP contribution >= 0.6 is 11.3 Å². The first-order valence-electron chi connectivity index (χ1n) is 7.95. The molecule has 3 aromatic rings. The summed E-state index contributed by atoms with van der Waals surface area (Å²) < 4.78 is 27.6. The Bertz CT molecular complexity index is 933. The fourth-order valence-electron chi connectivity index (χ4n) is 2.47. The summed E-state index contributed by atoms with van der Waals surface area (Å²) in [7, 11) is -3.52. The van der Waals surface area contributed by atoms with Crippen molar-refractivity contribution in [1.82, 2.24) is 0 Å². The molecule has 0 spiro atoms. The van der Waals surface area contributed by atoms with Crippen molar-refractivity contribution < 1.29 is 8.42 Å². The monoisotopic (exact) mass is 372 g/mol. The van der Waals surface area contributed by atoms with Crippen LogP contribution in [0.1, 0.15) is 23.4 Å². The third-order valence-corrected chi connectivity index (χ3v) is 6.67. The molecule has 2 N–H and O–H groups in total. The van der Waals surface area contributed by atoms with Crippen molar-refractivity contribution in [2.45, 2.75) is 24.1 Å². The van der Waals surface area contributed by atoms with Crippen LogP contribution in [-0.4, -0.2) is 8.42 Å². The molecular weight excluding hydrogens is 352 g/mol. The molecule has 4 nitrogen and oxygen atoms in total. The SMILES string of the molecule is Cc1ccc(S(=O)(=O)Nc2ccc(NC(C)c3ccccc3)cc2)s1. The molecular formula is C19H20N2O2S2. The van der Waals surface area contributed by atoms with Gasteiger partial charge in [-0.15, -0.1) is 11.3 Å². The fraction of sp³-hybridized carbons (Fsp3) is 0.158. The van der Waals surface area contributed by atoms with E-state index in [9.17, 15) is 8.42 Å². The smallest absolute Gasteiger partial charge is 0.271 e. The Balaban J connectivity index is 1.68. The largest absolute Gasteiger partial charge is 0.379 e. The Hall–Kier alpha value is -2.31. The Morgan fingerprint density at radius 2 is 1.52 bits per heavy atom. The number of sulfonamides is 1. The van der Waals surface area contributed by atoms with E-state index < -0.39 is 10.0 Å². The predicted molar refractivity (Wildman–Crippen MR) is 105 cm³/mol.